The quantitative estimate of drug-likeness (QED) is 0.771. The standard InChI is InChI=1S/C16H25N3O5S/c1-15(2,13(17)20)11-9-12(24-19-11)18-14(21)16(3,4)25(22)10-5-7-23-8-6-10/h9-10H,5-8H2,1-4H3,(H2,17,20)(H,18,21). The second-order valence-electron chi connectivity index (χ2n) is 7.14. The molecule has 0 aliphatic carbocycles. The molecule has 0 bridgehead atoms. The van der Waals surface area contributed by atoms with Gasteiger partial charge in [0.2, 0.25) is 17.7 Å². The molecule has 2 rings (SSSR count). The number of amides is 2. The molecule has 140 valence electrons. The summed E-state index contributed by atoms with van der Waals surface area (Å²) in [5.41, 5.74) is 4.64. The van der Waals surface area contributed by atoms with E-state index >= 15 is 0 Å². The Balaban J connectivity index is 2.09. The molecule has 1 aliphatic rings. The van der Waals surface area contributed by atoms with Crippen molar-refractivity contribution >= 4 is 28.5 Å². The molecular weight excluding hydrogens is 346 g/mol. The minimum atomic E-state index is -1.37. The molecule has 1 aromatic heterocycles. The molecule has 25 heavy (non-hydrogen) atoms. The van der Waals surface area contributed by atoms with Crippen LogP contribution in [0.4, 0.5) is 5.88 Å². The molecule has 2 amide bonds. The van der Waals surface area contributed by atoms with Crippen molar-refractivity contribution in [3.8, 4) is 0 Å². The maximum absolute atomic E-state index is 12.8. The van der Waals surface area contributed by atoms with Crippen LogP contribution in [0.25, 0.3) is 0 Å². The summed E-state index contributed by atoms with van der Waals surface area (Å²) in [4.78, 5) is 24.1. The van der Waals surface area contributed by atoms with E-state index in [2.05, 4.69) is 10.5 Å². The lowest BCUT2D eigenvalue weighted by Crippen LogP contribution is -2.46. The minimum Gasteiger partial charge on any atom is -0.381 e. The Morgan fingerprint density at radius 1 is 1.28 bits per heavy atom. The van der Waals surface area contributed by atoms with Crippen LogP contribution in [0.15, 0.2) is 10.6 Å². The normalized spacial score (nSPS) is 17.9. The molecule has 1 fully saturated rings. The Labute approximate surface area is 149 Å². The maximum atomic E-state index is 12.8. The lowest BCUT2D eigenvalue weighted by Gasteiger charge is -2.29. The van der Waals surface area contributed by atoms with Gasteiger partial charge in [0.25, 0.3) is 0 Å². The molecule has 0 spiro atoms. The number of anilines is 1. The molecule has 1 aromatic rings. The van der Waals surface area contributed by atoms with Gasteiger partial charge in [0, 0.05) is 35.3 Å². The van der Waals surface area contributed by atoms with Crippen LogP contribution in [-0.4, -0.2) is 44.4 Å². The van der Waals surface area contributed by atoms with Gasteiger partial charge in [-0.3, -0.25) is 19.1 Å². The van der Waals surface area contributed by atoms with Gasteiger partial charge in [-0.15, -0.1) is 0 Å². The number of aromatic nitrogens is 1. The third-order valence-electron chi connectivity index (χ3n) is 4.52. The highest BCUT2D eigenvalue weighted by atomic mass is 32.2. The molecule has 1 aliphatic heterocycles. The number of nitrogens with two attached hydrogens (primary N) is 1. The van der Waals surface area contributed by atoms with E-state index in [0.717, 1.165) is 0 Å². The predicted molar refractivity (Wildman–Crippen MR) is 93.4 cm³/mol. The summed E-state index contributed by atoms with van der Waals surface area (Å²) in [6.45, 7) is 7.62. The van der Waals surface area contributed by atoms with Gasteiger partial charge < -0.3 is 15.0 Å². The van der Waals surface area contributed by atoms with E-state index in [1.807, 2.05) is 0 Å². The van der Waals surface area contributed by atoms with E-state index in [4.69, 9.17) is 15.0 Å². The van der Waals surface area contributed by atoms with Crippen LogP contribution in [0.3, 0.4) is 0 Å². The zero-order valence-corrected chi connectivity index (χ0v) is 15.8. The number of hydrogen-bond acceptors (Lipinski definition) is 6. The van der Waals surface area contributed by atoms with Crippen LogP contribution < -0.4 is 11.1 Å². The monoisotopic (exact) mass is 371 g/mol. The molecule has 0 saturated carbocycles. The third kappa shape index (κ3) is 4.09. The zero-order chi connectivity index (χ0) is 18.8. The van der Waals surface area contributed by atoms with E-state index in [1.54, 1.807) is 27.7 Å². The fraction of sp³-hybridized carbons (Fsp3) is 0.688. The molecular formula is C16H25N3O5S. The van der Waals surface area contributed by atoms with Gasteiger partial charge in [0.05, 0.1) is 5.41 Å². The number of rotatable bonds is 6. The Bertz CT molecular complexity index is 677. The number of ether oxygens (including phenoxy) is 1. The van der Waals surface area contributed by atoms with Crippen molar-refractivity contribution < 1.29 is 23.1 Å². The largest absolute Gasteiger partial charge is 0.381 e. The van der Waals surface area contributed by atoms with Crippen LogP contribution in [-0.2, 0) is 30.5 Å². The summed E-state index contributed by atoms with van der Waals surface area (Å²) in [6, 6.07) is 1.45. The molecule has 0 radical (unpaired) electrons. The molecule has 3 N–H and O–H groups in total. The zero-order valence-electron chi connectivity index (χ0n) is 15.0. The van der Waals surface area contributed by atoms with Gasteiger partial charge >= 0.3 is 0 Å². The van der Waals surface area contributed by atoms with Crippen molar-refractivity contribution in [3.05, 3.63) is 11.8 Å². The van der Waals surface area contributed by atoms with Gasteiger partial charge in [0.15, 0.2) is 0 Å². The highest BCUT2D eigenvalue weighted by molar-refractivity contribution is 7.87. The van der Waals surface area contributed by atoms with Crippen LogP contribution in [0.5, 0.6) is 0 Å². The molecule has 9 heteroatoms. The van der Waals surface area contributed by atoms with Gasteiger partial charge in [-0.25, -0.2) is 0 Å². The summed E-state index contributed by atoms with van der Waals surface area (Å²) in [6.07, 6.45) is 1.34. The predicted octanol–water partition coefficient (Wildman–Crippen LogP) is 1.08. The van der Waals surface area contributed by atoms with Crippen LogP contribution >= 0.6 is 0 Å². The van der Waals surface area contributed by atoms with E-state index in [-0.39, 0.29) is 11.1 Å². The van der Waals surface area contributed by atoms with Gasteiger partial charge in [-0.1, -0.05) is 5.16 Å². The van der Waals surface area contributed by atoms with E-state index in [1.165, 1.54) is 6.07 Å². The second-order valence-corrected chi connectivity index (χ2v) is 9.42. The minimum absolute atomic E-state index is 0.0754. The van der Waals surface area contributed by atoms with Crippen LogP contribution in [0.1, 0.15) is 46.2 Å². The number of hydrogen-bond donors (Lipinski definition) is 2. The van der Waals surface area contributed by atoms with Crippen molar-refractivity contribution in [2.24, 2.45) is 5.73 Å². The second kappa shape index (κ2) is 7.25. The molecule has 1 atom stereocenters. The molecule has 2 heterocycles. The fourth-order valence-electron chi connectivity index (χ4n) is 2.42. The van der Waals surface area contributed by atoms with Crippen LogP contribution in [0.2, 0.25) is 0 Å². The first-order valence-electron chi connectivity index (χ1n) is 8.13. The van der Waals surface area contributed by atoms with Gasteiger partial charge in [-0.2, -0.15) is 0 Å². The summed E-state index contributed by atoms with van der Waals surface area (Å²) in [7, 11) is -1.37. The molecule has 1 unspecified atom stereocenters. The highest BCUT2D eigenvalue weighted by Crippen LogP contribution is 2.27. The van der Waals surface area contributed by atoms with Crippen molar-refractivity contribution in [2.75, 3.05) is 18.5 Å². The summed E-state index contributed by atoms with van der Waals surface area (Å²) in [5, 5.41) is 6.31. The van der Waals surface area contributed by atoms with Gasteiger partial charge in [0.1, 0.15) is 10.4 Å². The molecule has 1 saturated heterocycles. The lowest BCUT2D eigenvalue weighted by atomic mass is 9.89. The average molecular weight is 371 g/mol. The van der Waals surface area contributed by atoms with Crippen LogP contribution in [0, 0.1) is 0 Å². The van der Waals surface area contributed by atoms with Crippen molar-refractivity contribution in [2.45, 2.75) is 55.9 Å². The van der Waals surface area contributed by atoms with Gasteiger partial charge in [-0.05, 0) is 40.5 Å². The summed E-state index contributed by atoms with van der Waals surface area (Å²) >= 11 is 0. The number of primary amides is 1. The third-order valence-corrected chi connectivity index (χ3v) is 6.79. The van der Waals surface area contributed by atoms with Crippen molar-refractivity contribution in [3.63, 3.8) is 0 Å². The number of carbonyl (C=O) groups is 2. The number of carbonyl (C=O) groups excluding carboxylic acids is 2. The first-order valence-corrected chi connectivity index (χ1v) is 9.35. The Kier molecular flexibility index (Phi) is 5.68. The molecule has 8 nitrogen and oxygen atoms in total. The van der Waals surface area contributed by atoms with E-state index in [9.17, 15) is 13.8 Å². The Hall–Kier alpha value is -1.74. The van der Waals surface area contributed by atoms with E-state index < -0.39 is 32.8 Å². The summed E-state index contributed by atoms with van der Waals surface area (Å²) in [5.74, 6) is -0.900. The first kappa shape index (κ1) is 19.6. The highest BCUT2D eigenvalue weighted by Gasteiger charge is 2.40. The average Bonchev–Trinajstić information content (AvgIpc) is 3.04. The SMILES string of the molecule is CC(C)(C(N)=O)c1cc(NC(=O)C(C)(C)S(=O)C2CCOCC2)on1. The maximum Gasteiger partial charge on any atom is 0.245 e. The smallest absolute Gasteiger partial charge is 0.245 e. The Morgan fingerprint density at radius 2 is 1.88 bits per heavy atom. The van der Waals surface area contributed by atoms with Crippen molar-refractivity contribution in [1.29, 1.82) is 0 Å². The fourth-order valence-corrected chi connectivity index (χ4v) is 4.10. The number of nitrogens with one attached hydrogen (secondary N) is 1. The van der Waals surface area contributed by atoms with Crippen molar-refractivity contribution in [1.82, 2.24) is 5.16 Å². The van der Waals surface area contributed by atoms with E-state index in [0.29, 0.717) is 31.7 Å². The lowest BCUT2D eigenvalue weighted by molar-refractivity contribution is -0.122. The topological polar surface area (TPSA) is 125 Å². The summed E-state index contributed by atoms with van der Waals surface area (Å²) < 4.78 is 22.0. The first-order chi connectivity index (χ1) is 11.6. The Morgan fingerprint density at radius 3 is 2.44 bits per heavy atom. The molecule has 0 aromatic carbocycles. The number of nitrogens with zero attached hydrogens (tertiary/aromatic N) is 1.